The Morgan fingerprint density at radius 3 is 1.59 bits per heavy atom. The second kappa shape index (κ2) is 20.6. The Labute approximate surface area is 489 Å². The minimum Gasteiger partial charge on any atom is -0.510 e. The van der Waals surface area contributed by atoms with Crippen LogP contribution in [0.3, 0.4) is 0 Å². The molecule has 3 heterocycles. The van der Waals surface area contributed by atoms with Crippen LogP contribution in [-0.2, 0) is 48.1 Å². The van der Waals surface area contributed by atoms with Crippen molar-refractivity contribution in [3.8, 4) is 62.1 Å². The van der Waals surface area contributed by atoms with Crippen LogP contribution in [0, 0.1) is 18.5 Å². The molecule has 0 amide bonds. The van der Waals surface area contributed by atoms with E-state index >= 15 is 0 Å². The fraction of sp³-hybridized carbons (Fsp3) is 0.270. The quantitative estimate of drug-likeness (QED) is 0.112. The van der Waals surface area contributed by atoms with Crippen LogP contribution in [0.15, 0.2) is 176 Å². The molecule has 6 heteroatoms. The van der Waals surface area contributed by atoms with Crippen molar-refractivity contribution in [2.45, 2.75) is 131 Å². The van der Waals surface area contributed by atoms with E-state index in [0.717, 1.165) is 77.8 Å². The van der Waals surface area contributed by atoms with Crippen LogP contribution in [0.5, 0.6) is 11.5 Å². The van der Waals surface area contributed by atoms with Crippen molar-refractivity contribution in [1.29, 1.82) is 0 Å². The Kier molecular flexibility index (Phi) is 14.4. The third-order valence-electron chi connectivity index (χ3n) is 15.6. The molecule has 0 aliphatic rings. The Morgan fingerprint density at radius 2 is 0.975 bits per heavy atom. The van der Waals surface area contributed by atoms with Gasteiger partial charge in [0.15, 0.2) is 0 Å². The zero-order chi connectivity index (χ0) is 56.0. The monoisotopic (exact) mass is 1230 g/mol. The first kappa shape index (κ1) is 56.0. The number of hydrogen-bond donors (Lipinski definition) is 0. The minimum atomic E-state index is -0.0481. The largest absolute Gasteiger partial charge is 0.510 e. The number of aromatic nitrogens is 4. The van der Waals surface area contributed by atoms with Crippen molar-refractivity contribution < 1.29 is 30.4 Å². The average molecular weight is 1230 g/mol. The normalized spacial score (nSPS) is 12.6. The van der Waals surface area contributed by atoms with Gasteiger partial charge >= 0.3 is 0 Å². The maximum atomic E-state index is 6.85. The van der Waals surface area contributed by atoms with Gasteiger partial charge in [0.25, 0.3) is 6.33 Å². The third kappa shape index (κ3) is 10.9. The molecule has 0 spiro atoms. The van der Waals surface area contributed by atoms with Crippen molar-refractivity contribution in [3.05, 3.63) is 222 Å². The molecule has 0 radical (unpaired) electrons. The molecule has 408 valence electrons. The van der Waals surface area contributed by atoms with E-state index in [9.17, 15) is 0 Å². The molecule has 0 atom stereocenters. The van der Waals surface area contributed by atoms with Gasteiger partial charge in [-0.3, -0.25) is 4.57 Å². The summed E-state index contributed by atoms with van der Waals surface area (Å²) in [4.78, 5) is 4.92. The van der Waals surface area contributed by atoms with Crippen LogP contribution in [-0.4, -0.2) is 14.1 Å². The molecule has 0 unspecified atom stereocenters. The van der Waals surface area contributed by atoms with E-state index in [1.807, 2.05) is 24.4 Å². The van der Waals surface area contributed by atoms with E-state index in [4.69, 9.17) is 9.72 Å². The molecule has 0 fully saturated rings. The SMILES string of the molecule is CC(C)(C)c1cccc(-c2cccc(-c3cccc(C(C)(C)C)c3)c2-[n+]2[c-]n(-c3[c-]c(Oc4[c-]c5c(cc4)c4ccccc4n5-c4cc(C(C)(C)C)ccn4)ccc3)c3cc(-c4cc(C(C)(C)C)cc(C(C)(C)C)c4)ccc32)c1.[Pt]. The van der Waals surface area contributed by atoms with Gasteiger partial charge < -0.3 is 13.9 Å². The van der Waals surface area contributed by atoms with Gasteiger partial charge in [-0.15, -0.1) is 29.7 Å². The first-order chi connectivity index (χ1) is 37.3. The predicted octanol–water partition coefficient (Wildman–Crippen LogP) is 19.1. The average Bonchev–Trinajstić information content (AvgIpc) is 4.09. The summed E-state index contributed by atoms with van der Waals surface area (Å²) in [5.74, 6) is 1.99. The molecule has 11 aromatic rings. The maximum absolute atomic E-state index is 6.85. The Hall–Kier alpha value is -7.33. The number of rotatable bonds is 8. The molecule has 0 aliphatic carbocycles. The summed E-state index contributed by atoms with van der Waals surface area (Å²) in [6, 6.07) is 69.4. The van der Waals surface area contributed by atoms with Crippen molar-refractivity contribution in [1.82, 2.24) is 14.1 Å². The van der Waals surface area contributed by atoms with Crippen LogP contribution >= 0.6 is 0 Å². The number of fused-ring (bicyclic) bond motifs is 4. The van der Waals surface area contributed by atoms with Crippen LogP contribution in [0.25, 0.3) is 83.4 Å². The minimum absolute atomic E-state index is 0. The second-order valence-electron chi connectivity index (χ2n) is 26.7. The smallest absolute Gasteiger partial charge is 0.268 e. The molecule has 0 aliphatic heterocycles. The molecule has 0 N–H and O–H groups in total. The number of nitrogens with zero attached hydrogens (tertiary/aromatic N) is 4. The summed E-state index contributed by atoms with van der Waals surface area (Å²) < 4.78 is 13.5. The fourth-order valence-corrected chi connectivity index (χ4v) is 10.8. The molecule has 11 rings (SSSR count). The fourth-order valence-electron chi connectivity index (χ4n) is 10.8. The number of pyridine rings is 1. The summed E-state index contributed by atoms with van der Waals surface area (Å²) in [5.41, 5.74) is 18.8. The van der Waals surface area contributed by atoms with E-state index in [2.05, 4.69) is 288 Å². The van der Waals surface area contributed by atoms with E-state index in [1.165, 1.54) is 33.4 Å². The molecular weight excluding hydrogens is 1160 g/mol. The Bertz CT molecular complexity index is 4030. The van der Waals surface area contributed by atoms with Gasteiger partial charge in [0.05, 0.1) is 16.7 Å². The zero-order valence-electron chi connectivity index (χ0n) is 49.3. The van der Waals surface area contributed by atoms with Gasteiger partial charge in [-0.2, -0.15) is 18.2 Å². The van der Waals surface area contributed by atoms with Gasteiger partial charge in [0.1, 0.15) is 5.82 Å². The summed E-state index contributed by atoms with van der Waals surface area (Å²) in [5, 5.41) is 2.21. The predicted molar refractivity (Wildman–Crippen MR) is 330 cm³/mol. The van der Waals surface area contributed by atoms with Crippen molar-refractivity contribution in [3.63, 3.8) is 0 Å². The summed E-state index contributed by atoms with van der Waals surface area (Å²) in [6.07, 6.45) is 5.89. The molecule has 80 heavy (non-hydrogen) atoms. The maximum Gasteiger partial charge on any atom is 0.268 e. The molecule has 0 saturated carbocycles. The van der Waals surface area contributed by atoms with E-state index in [1.54, 1.807) is 0 Å². The standard InChI is InChI=1S/C74H74N4O.Pt/c1-70(2,3)52-24-18-22-49(38-52)60-29-21-30-61(50-23-19-25-53(39-50)71(4,5)6)69(60)77-47-76(67-42-48(32-35-65(67)77)51-40-55(73(10,11)12)43-56(41-51)74(13,14)15)57-26-20-27-58(45-57)79-59-33-34-63-62-28-16-17-31-64(62)78(66(63)46-59)68-44-54(36-37-75-68)72(7,8)9;/h16-44H,1-15H3;/q-2;. The number of benzene rings is 8. The number of imidazole rings is 1. The molecular formula is C74H74N4OPt-2. The van der Waals surface area contributed by atoms with Gasteiger partial charge in [-0.1, -0.05) is 225 Å². The van der Waals surface area contributed by atoms with Crippen molar-refractivity contribution >= 4 is 32.8 Å². The first-order valence-corrected chi connectivity index (χ1v) is 27.9. The van der Waals surface area contributed by atoms with Gasteiger partial charge in [-0.25, -0.2) is 4.98 Å². The van der Waals surface area contributed by atoms with Crippen LogP contribution < -0.4 is 9.30 Å². The summed E-state index contributed by atoms with van der Waals surface area (Å²) >= 11 is 0. The molecule has 3 aromatic heterocycles. The Morgan fingerprint density at radius 1 is 0.425 bits per heavy atom. The number of hydrogen-bond acceptors (Lipinski definition) is 2. The van der Waals surface area contributed by atoms with Crippen molar-refractivity contribution in [2.75, 3.05) is 0 Å². The van der Waals surface area contributed by atoms with Crippen molar-refractivity contribution in [2.24, 2.45) is 0 Å². The van der Waals surface area contributed by atoms with Crippen LogP contribution in [0.2, 0.25) is 0 Å². The van der Waals surface area contributed by atoms with E-state index < -0.39 is 0 Å². The molecule has 5 nitrogen and oxygen atoms in total. The summed E-state index contributed by atoms with van der Waals surface area (Å²) in [7, 11) is 0. The third-order valence-corrected chi connectivity index (χ3v) is 15.6. The van der Waals surface area contributed by atoms with Gasteiger partial charge in [0.2, 0.25) is 0 Å². The van der Waals surface area contributed by atoms with Gasteiger partial charge in [-0.05, 0) is 124 Å². The van der Waals surface area contributed by atoms with Gasteiger partial charge in [0, 0.05) is 44.3 Å². The first-order valence-electron chi connectivity index (χ1n) is 27.9. The van der Waals surface area contributed by atoms with E-state index in [-0.39, 0.29) is 48.1 Å². The number of para-hydroxylation sites is 2. The second-order valence-corrected chi connectivity index (χ2v) is 26.7. The zero-order valence-corrected chi connectivity index (χ0v) is 51.5. The van der Waals surface area contributed by atoms with Crippen LogP contribution in [0.1, 0.15) is 132 Å². The molecule has 0 bridgehead atoms. The molecule has 8 aromatic carbocycles. The number of ether oxygens (including phenoxy) is 1. The van der Waals surface area contributed by atoms with E-state index in [0.29, 0.717) is 11.5 Å². The summed E-state index contributed by atoms with van der Waals surface area (Å²) in [6.45, 7) is 34.2. The Balaban J connectivity index is 0.00000720. The topological polar surface area (TPSA) is 35.9 Å². The van der Waals surface area contributed by atoms with Crippen LogP contribution in [0.4, 0.5) is 0 Å². The molecule has 0 saturated heterocycles.